The molecule has 0 saturated carbocycles. The highest BCUT2D eigenvalue weighted by Crippen LogP contribution is 2.51. The Labute approximate surface area is 200 Å². The minimum absolute atomic E-state index is 0.0577. The van der Waals surface area contributed by atoms with E-state index in [1.54, 1.807) is 6.07 Å². The lowest BCUT2D eigenvalue weighted by molar-refractivity contribution is -0.0188. The number of hydrogen-bond acceptors (Lipinski definition) is 3. The van der Waals surface area contributed by atoms with Gasteiger partial charge in [-0.15, -0.1) is 0 Å². The Kier molecular flexibility index (Phi) is 4.80. The van der Waals surface area contributed by atoms with E-state index in [4.69, 9.17) is 44.6 Å². The zero-order valence-electron chi connectivity index (χ0n) is 16.8. The van der Waals surface area contributed by atoms with Gasteiger partial charge in [0.05, 0.1) is 16.8 Å². The molecule has 32 heavy (non-hydrogen) atoms. The van der Waals surface area contributed by atoms with E-state index in [1.807, 2.05) is 47.5 Å². The molecule has 4 aromatic rings. The summed E-state index contributed by atoms with van der Waals surface area (Å²) in [4.78, 5) is 0. The molecule has 2 aliphatic heterocycles. The van der Waals surface area contributed by atoms with Crippen molar-refractivity contribution < 1.29 is 4.74 Å². The van der Waals surface area contributed by atoms with Crippen LogP contribution < -0.4 is 4.74 Å². The number of halogens is 3. The van der Waals surface area contributed by atoms with Crippen LogP contribution >= 0.6 is 34.8 Å². The van der Waals surface area contributed by atoms with Crippen LogP contribution in [0.1, 0.15) is 35.4 Å². The summed E-state index contributed by atoms with van der Waals surface area (Å²) in [5, 5.41) is 11.1. The molecule has 0 amide bonds. The van der Waals surface area contributed by atoms with Crippen molar-refractivity contribution in [3.8, 4) is 5.75 Å². The molecule has 0 fully saturated rings. The first kappa shape index (κ1) is 19.9. The van der Waals surface area contributed by atoms with Gasteiger partial charge in [-0.25, -0.2) is 5.01 Å². The molecule has 6 heteroatoms. The van der Waals surface area contributed by atoms with Crippen molar-refractivity contribution in [1.29, 1.82) is 0 Å². The molecule has 158 valence electrons. The maximum atomic E-state index is 6.55. The number of hydrazone groups is 1. The molecule has 0 saturated heterocycles. The van der Waals surface area contributed by atoms with Crippen LogP contribution in [-0.2, 0) is 0 Å². The van der Waals surface area contributed by atoms with Gasteiger partial charge in [-0.2, -0.15) is 5.10 Å². The molecule has 0 bridgehead atoms. The molecule has 0 unspecified atom stereocenters. The van der Waals surface area contributed by atoms with Gasteiger partial charge in [-0.3, -0.25) is 0 Å². The summed E-state index contributed by atoms with van der Waals surface area (Å²) in [5.41, 5.74) is 3.86. The summed E-state index contributed by atoms with van der Waals surface area (Å²) in [6.07, 6.45) is 0.226. The molecule has 0 N–H and O–H groups in total. The van der Waals surface area contributed by atoms with Crippen LogP contribution in [0.2, 0.25) is 15.1 Å². The van der Waals surface area contributed by atoms with Crippen molar-refractivity contribution in [2.24, 2.45) is 5.10 Å². The third-order valence-corrected chi connectivity index (χ3v) is 6.91. The van der Waals surface area contributed by atoms with E-state index in [0.717, 1.165) is 22.4 Å². The average molecular weight is 480 g/mol. The topological polar surface area (TPSA) is 24.8 Å². The van der Waals surface area contributed by atoms with E-state index >= 15 is 0 Å². The van der Waals surface area contributed by atoms with Crippen LogP contribution in [0, 0.1) is 0 Å². The Bertz CT molecular complexity index is 1400. The van der Waals surface area contributed by atoms with Crippen LogP contribution in [0.15, 0.2) is 84.0 Å². The number of fused-ring (bicyclic) bond motifs is 4. The highest BCUT2D eigenvalue weighted by Gasteiger charge is 2.42. The maximum Gasteiger partial charge on any atom is 0.215 e. The zero-order valence-corrected chi connectivity index (χ0v) is 19.1. The van der Waals surface area contributed by atoms with E-state index in [2.05, 4.69) is 30.3 Å². The van der Waals surface area contributed by atoms with Gasteiger partial charge in [0.2, 0.25) is 6.23 Å². The number of rotatable bonds is 2. The van der Waals surface area contributed by atoms with E-state index < -0.39 is 6.23 Å². The highest BCUT2D eigenvalue weighted by atomic mass is 35.5. The number of nitrogens with zero attached hydrogens (tertiary/aromatic N) is 2. The van der Waals surface area contributed by atoms with Gasteiger partial charge in [0, 0.05) is 27.6 Å². The molecule has 4 aromatic carbocycles. The summed E-state index contributed by atoms with van der Waals surface area (Å²) < 4.78 is 6.40. The summed E-state index contributed by atoms with van der Waals surface area (Å²) >= 11 is 19.5. The van der Waals surface area contributed by atoms with E-state index in [9.17, 15) is 0 Å². The SMILES string of the molecule is Clc1cc(Cl)c2c(c1)[C@H]1CC(c3ccc4ccccc4c3)=NN1[C@@H](c1ccccc1Cl)O2. The Hall–Kier alpha value is -2.72. The first-order valence-corrected chi connectivity index (χ1v) is 11.5. The normalized spacial score (nSPS) is 19.3. The lowest BCUT2D eigenvalue weighted by Crippen LogP contribution is -2.34. The first-order chi connectivity index (χ1) is 15.6. The Balaban J connectivity index is 1.49. The minimum Gasteiger partial charge on any atom is -0.463 e. The van der Waals surface area contributed by atoms with E-state index in [0.29, 0.717) is 27.2 Å². The molecule has 0 aliphatic carbocycles. The molecule has 3 nitrogen and oxygen atoms in total. The van der Waals surface area contributed by atoms with Crippen LogP contribution in [0.3, 0.4) is 0 Å². The second kappa shape index (κ2) is 7.70. The molecule has 0 aromatic heterocycles. The largest absolute Gasteiger partial charge is 0.463 e. The molecular weight excluding hydrogens is 463 g/mol. The van der Waals surface area contributed by atoms with Crippen molar-refractivity contribution in [3.05, 3.63) is 111 Å². The minimum atomic E-state index is -0.488. The summed E-state index contributed by atoms with van der Waals surface area (Å²) in [6.45, 7) is 0. The van der Waals surface area contributed by atoms with Gasteiger partial charge < -0.3 is 4.74 Å². The fraction of sp³-hybridized carbons (Fsp3) is 0.115. The van der Waals surface area contributed by atoms with E-state index in [1.165, 1.54) is 10.8 Å². The standard InChI is InChI=1S/C26H17Cl3N2O/c27-18-12-20-24-14-23(17-10-9-15-5-1-2-6-16(15)11-17)30-31(24)26(32-25(20)22(29)13-18)19-7-3-4-8-21(19)28/h1-13,24,26H,14H2/t24-,26-/m1/s1. The molecule has 2 heterocycles. The van der Waals surface area contributed by atoms with Gasteiger partial charge in [0.15, 0.2) is 0 Å². The molecule has 0 spiro atoms. The highest BCUT2D eigenvalue weighted by molar-refractivity contribution is 6.35. The number of benzene rings is 4. The smallest absolute Gasteiger partial charge is 0.215 e. The maximum absolute atomic E-state index is 6.55. The van der Waals surface area contributed by atoms with Gasteiger partial charge in [-0.1, -0.05) is 89.4 Å². The van der Waals surface area contributed by atoms with Gasteiger partial charge >= 0.3 is 0 Å². The third kappa shape index (κ3) is 3.24. The second-order valence-corrected chi connectivity index (χ2v) is 9.26. The number of hydrogen-bond donors (Lipinski definition) is 0. The van der Waals surface area contributed by atoms with Gasteiger partial charge in [0.1, 0.15) is 5.75 Å². The summed E-state index contributed by atoms with van der Waals surface area (Å²) in [5.74, 6) is 0.636. The molecule has 6 rings (SSSR count). The number of ether oxygens (including phenoxy) is 1. The van der Waals surface area contributed by atoms with Crippen molar-refractivity contribution in [1.82, 2.24) is 5.01 Å². The van der Waals surface area contributed by atoms with Crippen molar-refractivity contribution >= 4 is 51.3 Å². The van der Waals surface area contributed by atoms with E-state index in [-0.39, 0.29) is 6.04 Å². The predicted octanol–water partition coefficient (Wildman–Crippen LogP) is 8.04. The van der Waals surface area contributed by atoms with Crippen LogP contribution in [0.4, 0.5) is 0 Å². The summed E-state index contributed by atoms with van der Waals surface area (Å²) in [6, 6.07) is 26.0. The predicted molar refractivity (Wildman–Crippen MR) is 131 cm³/mol. The Morgan fingerprint density at radius 3 is 2.41 bits per heavy atom. The van der Waals surface area contributed by atoms with Crippen LogP contribution in [0.5, 0.6) is 5.75 Å². The second-order valence-electron chi connectivity index (χ2n) is 8.01. The molecule has 2 atom stereocenters. The lowest BCUT2D eigenvalue weighted by atomic mass is 9.95. The van der Waals surface area contributed by atoms with Crippen molar-refractivity contribution in [2.45, 2.75) is 18.7 Å². The third-order valence-electron chi connectivity index (χ3n) is 6.06. The Morgan fingerprint density at radius 2 is 1.56 bits per heavy atom. The summed E-state index contributed by atoms with van der Waals surface area (Å²) in [7, 11) is 0. The Morgan fingerprint density at radius 1 is 0.781 bits per heavy atom. The molecular formula is C26H17Cl3N2O. The zero-order chi connectivity index (χ0) is 21.8. The van der Waals surface area contributed by atoms with Gasteiger partial charge in [0.25, 0.3) is 0 Å². The van der Waals surface area contributed by atoms with Crippen molar-refractivity contribution in [3.63, 3.8) is 0 Å². The van der Waals surface area contributed by atoms with Crippen LogP contribution in [-0.4, -0.2) is 10.7 Å². The van der Waals surface area contributed by atoms with Crippen LogP contribution in [0.25, 0.3) is 10.8 Å². The lowest BCUT2D eigenvalue weighted by Gasteiger charge is -2.38. The molecule has 2 aliphatic rings. The van der Waals surface area contributed by atoms with Gasteiger partial charge in [-0.05, 0) is 40.6 Å². The fourth-order valence-corrected chi connectivity index (χ4v) is 5.32. The monoisotopic (exact) mass is 478 g/mol. The van der Waals surface area contributed by atoms with Crippen molar-refractivity contribution in [2.75, 3.05) is 0 Å². The average Bonchev–Trinajstić information content (AvgIpc) is 3.25. The quantitative estimate of drug-likeness (QED) is 0.290. The molecule has 0 radical (unpaired) electrons. The first-order valence-electron chi connectivity index (χ1n) is 10.3. The fourth-order valence-electron chi connectivity index (χ4n) is 4.54.